The number of ether oxygens (including phenoxy) is 1. The van der Waals surface area contributed by atoms with E-state index in [-0.39, 0.29) is 4.90 Å². The maximum atomic E-state index is 12.6. The van der Waals surface area contributed by atoms with Crippen molar-refractivity contribution >= 4 is 21.4 Å². The summed E-state index contributed by atoms with van der Waals surface area (Å²) in [5.41, 5.74) is 1.43. The summed E-state index contributed by atoms with van der Waals surface area (Å²) < 4.78 is 33.2. The number of hydrogen-bond acceptors (Lipinski definition) is 5. The summed E-state index contributed by atoms with van der Waals surface area (Å²) in [7, 11) is -0.0241. The van der Waals surface area contributed by atoms with E-state index in [2.05, 4.69) is 21.6 Å². The maximum Gasteiger partial charge on any atom is 0.262 e. The van der Waals surface area contributed by atoms with Crippen LogP contribution in [0, 0.1) is 0 Å². The topological polar surface area (TPSA) is 61.9 Å². The lowest BCUT2D eigenvalue weighted by atomic mass is 10.2. The molecule has 0 aromatic heterocycles. The smallest absolute Gasteiger partial charge is 0.262 e. The van der Waals surface area contributed by atoms with E-state index in [9.17, 15) is 8.42 Å². The molecule has 0 unspecified atom stereocenters. The fourth-order valence-electron chi connectivity index (χ4n) is 2.84. The van der Waals surface area contributed by atoms with Gasteiger partial charge in [0.25, 0.3) is 10.0 Å². The average molecular weight is 361 g/mol. The van der Waals surface area contributed by atoms with E-state index in [4.69, 9.17) is 4.74 Å². The maximum absolute atomic E-state index is 12.6. The second-order valence-electron chi connectivity index (χ2n) is 6.09. The minimum Gasteiger partial charge on any atom is -0.495 e. The highest BCUT2D eigenvalue weighted by molar-refractivity contribution is 7.92. The van der Waals surface area contributed by atoms with Crippen LogP contribution in [0.3, 0.4) is 0 Å². The van der Waals surface area contributed by atoms with Crippen LogP contribution < -0.4 is 14.4 Å². The zero-order valence-corrected chi connectivity index (χ0v) is 15.3. The quantitative estimate of drug-likeness (QED) is 0.885. The van der Waals surface area contributed by atoms with Crippen LogP contribution in [0.15, 0.2) is 53.4 Å². The van der Waals surface area contributed by atoms with Gasteiger partial charge in [-0.1, -0.05) is 18.2 Å². The van der Waals surface area contributed by atoms with Gasteiger partial charge in [-0.2, -0.15) is 0 Å². The van der Waals surface area contributed by atoms with Gasteiger partial charge in [0, 0.05) is 31.9 Å². The van der Waals surface area contributed by atoms with Crippen LogP contribution in [0.2, 0.25) is 0 Å². The van der Waals surface area contributed by atoms with Crippen molar-refractivity contribution in [1.29, 1.82) is 0 Å². The van der Waals surface area contributed by atoms with Gasteiger partial charge >= 0.3 is 0 Å². The molecule has 0 saturated carbocycles. The van der Waals surface area contributed by atoms with Crippen molar-refractivity contribution in [1.82, 2.24) is 4.90 Å². The van der Waals surface area contributed by atoms with Crippen molar-refractivity contribution in [3.05, 3.63) is 48.5 Å². The van der Waals surface area contributed by atoms with Crippen LogP contribution in [-0.4, -0.2) is 53.7 Å². The standard InChI is InChI=1S/C18H23N3O3S/c1-20-10-12-21(13-11-20)15-8-9-18(24-2)17(14-15)19-25(22,23)16-6-4-3-5-7-16/h3-9,14,19H,10-13H2,1-2H3. The summed E-state index contributed by atoms with van der Waals surface area (Å²) in [6.45, 7) is 3.79. The lowest BCUT2D eigenvalue weighted by Gasteiger charge is -2.34. The first kappa shape index (κ1) is 17.6. The summed E-state index contributed by atoms with van der Waals surface area (Å²) in [4.78, 5) is 4.75. The molecular weight excluding hydrogens is 338 g/mol. The van der Waals surface area contributed by atoms with Gasteiger partial charge in [0.05, 0.1) is 17.7 Å². The van der Waals surface area contributed by atoms with Crippen molar-refractivity contribution in [2.75, 3.05) is 50.0 Å². The molecule has 0 spiro atoms. The third-order valence-corrected chi connectivity index (χ3v) is 5.73. The first-order valence-corrected chi connectivity index (χ1v) is 9.67. The number of hydrogen-bond donors (Lipinski definition) is 1. The first-order valence-electron chi connectivity index (χ1n) is 8.19. The Labute approximate surface area is 149 Å². The van der Waals surface area contributed by atoms with Gasteiger partial charge in [0.2, 0.25) is 0 Å². The van der Waals surface area contributed by atoms with E-state index in [1.54, 1.807) is 36.4 Å². The van der Waals surface area contributed by atoms with E-state index >= 15 is 0 Å². The molecule has 1 N–H and O–H groups in total. The molecule has 7 heteroatoms. The Hall–Kier alpha value is -2.25. The molecule has 3 rings (SSSR count). The Balaban J connectivity index is 1.88. The van der Waals surface area contributed by atoms with E-state index in [1.165, 1.54) is 7.11 Å². The Morgan fingerprint density at radius 2 is 1.68 bits per heavy atom. The van der Waals surface area contributed by atoms with Crippen molar-refractivity contribution in [3.8, 4) is 5.75 Å². The number of benzene rings is 2. The number of nitrogens with zero attached hydrogens (tertiary/aromatic N) is 2. The molecule has 0 amide bonds. The number of piperazine rings is 1. The predicted octanol–water partition coefficient (Wildman–Crippen LogP) is 2.25. The molecule has 2 aromatic carbocycles. The van der Waals surface area contributed by atoms with Crippen molar-refractivity contribution in [2.45, 2.75) is 4.90 Å². The third-order valence-electron chi connectivity index (χ3n) is 4.35. The molecule has 1 saturated heterocycles. The molecular formula is C18H23N3O3S. The monoisotopic (exact) mass is 361 g/mol. The largest absolute Gasteiger partial charge is 0.495 e. The zero-order chi connectivity index (χ0) is 17.9. The number of sulfonamides is 1. The molecule has 25 heavy (non-hydrogen) atoms. The highest BCUT2D eigenvalue weighted by Crippen LogP contribution is 2.31. The van der Waals surface area contributed by atoms with Crippen LogP contribution >= 0.6 is 0 Å². The number of methoxy groups -OCH3 is 1. The van der Waals surface area contributed by atoms with Gasteiger partial charge < -0.3 is 14.5 Å². The van der Waals surface area contributed by atoms with Crippen LogP contribution in [-0.2, 0) is 10.0 Å². The zero-order valence-electron chi connectivity index (χ0n) is 14.5. The number of likely N-dealkylation sites (N-methyl/N-ethyl adjacent to an activating group) is 1. The van der Waals surface area contributed by atoms with E-state index in [0.717, 1.165) is 31.9 Å². The van der Waals surface area contributed by atoms with Crippen molar-refractivity contribution < 1.29 is 13.2 Å². The van der Waals surface area contributed by atoms with Gasteiger partial charge in [0.15, 0.2) is 0 Å². The highest BCUT2D eigenvalue weighted by Gasteiger charge is 2.19. The van der Waals surface area contributed by atoms with Crippen molar-refractivity contribution in [2.24, 2.45) is 0 Å². The second kappa shape index (κ2) is 7.33. The van der Waals surface area contributed by atoms with E-state index < -0.39 is 10.0 Å². The highest BCUT2D eigenvalue weighted by atomic mass is 32.2. The molecule has 134 valence electrons. The Morgan fingerprint density at radius 3 is 2.32 bits per heavy atom. The van der Waals surface area contributed by atoms with Crippen molar-refractivity contribution in [3.63, 3.8) is 0 Å². The summed E-state index contributed by atoms with van der Waals surface area (Å²) >= 11 is 0. The summed E-state index contributed by atoms with van der Waals surface area (Å²) in [5.74, 6) is 0.498. The number of rotatable bonds is 5. The SMILES string of the molecule is COc1ccc(N2CCN(C)CC2)cc1NS(=O)(=O)c1ccccc1. The molecule has 2 aromatic rings. The van der Waals surface area contributed by atoms with Gasteiger partial charge in [-0.3, -0.25) is 4.72 Å². The summed E-state index contributed by atoms with van der Waals surface area (Å²) in [5, 5.41) is 0. The van der Waals surface area contributed by atoms with Crippen LogP contribution in [0.25, 0.3) is 0 Å². The minimum absolute atomic E-state index is 0.224. The molecule has 1 aliphatic heterocycles. The van der Waals surface area contributed by atoms with Crippen LogP contribution in [0.4, 0.5) is 11.4 Å². The third kappa shape index (κ3) is 4.05. The molecule has 6 nitrogen and oxygen atoms in total. The van der Waals surface area contributed by atoms with Crippen LogP contribution in [0.1, 0.15) is 0 Å². The molecule has 0 radical (unpaired) electrons. The van der Waals surface area contributed by atoms with Gasteiger partial charge in [-0.25, -0.2) is 8.42 Å². The van der Waals surface area contributed by atoms with Crippen LogP contribution in [0.5, 0.6) is 5.75 Å². The van der Waals surface area contributed by atoms with E-state index in [1.807, 2.05) is 12.1 Å². The van der Waals surface area contributed by atoms with Gasteiger partial charge in [0.1, 0.15) is 5.75 Å². The first-order chi connectivity index (χ1) is 12.0. The molecule has 1 fully saturated rings. The fraction of sp³-hybridized carbons (Fsp3) is 0.333. The summed E-state index contributed by atoms with van der Waals surface area (Å²) in [6.07, 6.45) is 0. The second-order valence-corrected chi connectivity index (χ2v) is 7.78. The molecule has 0 aliphatic carbocycles. The lowest BCUT2D eigenvalue weighted by molar-refractivity contribution is 0.313. The lowest BCUT2D eigenvalue weighted by Crippen LogP contribution is -2.44. The Bertz CT molecular complexity index is 817. The number of anilines is 2. The molecule has 1 heterocycles. The summed E-state index contributed by atoms with van der Waals surface area (Å²) in [6, 6.07) is 13.9. The Kier molecular flexibility index (Phi) is 5.15. The number of nitrogens with one attached hydrogen (secondary N) is 1. The predicted molar refractivity (Wildman–Crippen MR) is 100.0 cm³/mol. The van der Waals surface area contributed by atoms with Gasteiger partial charge in [-0.15, -0.1) is 0 Å². The molecule has 0 bridgehead atoms. The molecule has 1 aliphatic rings. The molecule has 0 atom stereocenters. The van der Waals surface area contributed by atoms with Gasteiger partial charge in [-0.05, 0) is 37.4 Å². The Morgan fingerprint density at radius 1 is 1.00 bits per heavy atom. The van der Waals surface area contributed by atoms with E-state index in [0.29, 0.717) is 11.4 Å². The average Bonchev–Trinajstić information content (AvgIpc) is 2.63. The minimum atomic E-state index is -3.66. The normalized spacial score (nSPS) is 15.8. The fourth-order valence-corrected chi connectivity index (χ4v) is 3.92.